The van der Waals surface area contributed by atoms with Gasteiger partial charge in [0.25, 0.3) is 5.91 Å². The van der Waals surface area contributed by atoms with Crippen LogP contribution in [0, 0.1) is 0 Å². The molecule has 1 aromatic carbocycles. The standard InChI is InChI=1S/C17H18N4O2S/c1-11(16(22)19-2)8-14(6-7-18)23-13-4-5-15-12(9-13)10-20-17(21-15)24-3/h4-10H,1,18H2,2-3H3,(H,19,22)/b7-6-,14-8+. The maximum absolute atomic E-state index is 11.6. The lowest BCUT2D eigenvalue weighted by atomic mass is 10.2. The molecule has 0 saturated carbocycles. The van der Waals surface area contributed by atoms with Gasteiger partial charge >= 0.3 is 0 Å². The summed E-state index contributed by atoms with van der Waals surface area (Å²) in [5.41, 5.74) is 6.53. The second-order valence-corrected chi connectivity index (χ2v) is 5.46. The highest BCUT2D eigenvalue weighted by atomic mass is 32.2. The Morgan fingerprint density at radius 3 is 2.92 bits per heavy atom. The zero-order chi connectivity index (χ0) is 17.5. The van der Waals surface area contributed by atoms with Gasteiger partial charge in [0.05, 0.1) is 5.52 Å². The Morgan fingerprint density at radius 1 is 1.46 bits per heavy atom. The molecule has 0 aliphatic carbocycles. The van der Waals surface area contributed by atoms with Crippen LogP contribution in [0.25, 0.3) is 10.9 Å². The van der Waals surface area contributed by atoms with Gasteiger partial charge in [0.2, 0.25) is 0 Å². The van der Waals surface area contributed by atoms with Crippen LogP contribution in [0.2, 0.25) is 0 Å². The van der Waals surface area contributed by atoms with Gasteiger partial charge in [0.15, 0.2) is 5.16 Å². The summed E-state index contributed by atoms with van der Waals surface area (Å²) in [5.74, 6) is 0.683. The van der Waals surface area contributed by atoms with E-state index in [1.54, 1.807) is 18.3 Å². The number of nitrogens with one attached hydrogen (secondary N) is 1. The molecule has 124 valence electrons. The number of benzene rings is 1. The first-order valence-corrected chi connectivity index (χ1v) is 8.29. The Balaban J connectivity index is 2.29. The summed E-state index contributed by atoms with van der Waals surface area (Å²) in [7, 11) is 1.53. The van der Waals surface area contributed by atoms with E-state index in [1.807, 2.05) is 18.4 Å². The third-order valence-corrected chi connectivity index (χ3v) is 3.60. The summed E-state index contributed by atoms with van der Waals surface area (Å²) in [6.45, 7) is 3.69. The fourth-order valence-corrected chi connectivity index (χ4v) is 2.24. The number of hydrogen-bond donors (Lipinski definition) is 2. The fraction of sp³-hybridized carbons (Fsp3) is 0.118. The third-order valence-electron chi connectivity index (χ3n) is 3.04. The van der Waals surface area contributed by atoms with Gasteiger partial charge in [0, 0.05) is 24.2 Å². The minimum atomic E-state index is -0.293. The Hall–Kier alpha value is -2.80. The average Bonchev–Trinajstić information content (AvgIpc) is 2.60. The van der Waals surface area contributed by atoms with E-state index >= 15 is 0 Å². The van der Waals surface area contributed by atoms with Gasteiger partial charge in [-0.05, 0) is 42.8 Å². The van der Waals surface area contributed by atoms with Gasteiger partial charge in [-0.1, -0.05) is 18.3 Å². The lowest BCUT2D eigenvalue weighted by Crippen LogP contribution is -2.18. The highest BCUT2D eigenvalue weighted by Crippen LogP contribution is 2.23. The molecule has 0 atom stereocenters. The van der Waals surface area contributed by atoms with E-state index in [-0.39, 0.29) is 11.5 Å². The van der Waals surface area contributed by atoms with Gasteiger partial charge in [-0.15, -0.1) is 0 Å². The number of carbonyl (C=O) groups is 1. The summed E-state index contributed by atoms with van der Waals surface area (Å²) in [4.78, 5) is 20.2. The number of fused-ring (bicyclic) bond motifs is 1. The molecule has 2 aromatic rings. The predicted molar refractivity (Wildman–Crippen MR) is 96.6 cm³/mol. The first-order valence-electron chi connectivity index (χ1n) is 7.07. The Labute approximate surface area is 144 Å². The minimum absolute atomic E-state index is 0.263. The van der Waals surface area contributed by atoms with Crippen LogP contribution in [0.1, 0.15) is 0 Å². The lowest BCUT2D eigenvalue weighted by molar-refractivity contribution is -0.116. The first kappa shape index (κ1) is 17.6. The van der Waals surface area contributed by atoms with Crippen LogP contribution in [0.5, 0.6) is 5.75 Å². The quantitative estimate of drug-likeness (QED) is 0.275. The number of rotatable bonds is 6. The molecule has 0 spiro atoms. The number of nitrogens with two attached hydrogens (primary N) is 1. The van der Waals surface area contributed by atoms with E-state index in [9.17, 15) is 4.79 Å². The topological polar surface area (TPSA) is 90.1 Å². The molecule has 0 saturated heterocycles. The number of amides is 1. The molecule has 0 fully saturated rings. The van der Waals surface area contributed by atoms with Gasteiger partial charge in [-0.2, -0.15) is 0 Å². The predicted octanol–water partition coefficient (Wildman–Crippen LogP) is 2.39. The maximum Gasteiger partial charge on any atom is 0.250 e. The molecular formula is C17H18N4O2S. The molecular weight excluding hydrogens is 324 g/mol. The molecule has 0 unspecified atom stereocenters. The molecule has 24 heavy (non-hydrogen) atoms. The number of hydrogen-bond acceptors (Lipinski definition) is 6. The zero-order valence-electron chi connectivity index (χ0n) is 13.4. The molecule has 1 heterocycles. The Morgan fingerprint density at radius 2 is 2.25 bits per heavy atom. The molecule has 1 aromatic heterocycles. The summed E-state index contributed by atoms with van der Waals surface area (Å²) in [5, 5.41) is 4.06. The van der Waals surface area contributed by atoms with E-state index in [2.05, 4.69) is 21.9 Å². The van der Waals surface area contributed by atoms with Crippen molar-refractivity contribution in [1.82, 2.24) is 15.3 Å². The van der Waals surface area contributed by atoms with Gasteiger partial charge in [0.1, 0.15) is 11.5 Å². The van der Waals surface area contributed by atoms with Crippen LogP contribution in [0.3, 0.4) is 0 Å². The lowest BCUT2D eigenvalue weighted by Gasteiger charge is -2.08. The monoisotopic (exact) mass is 342 g/mol. The molecule has 0 bridgehead atoms. The number of likely N-dealkylation sites (N-methyl/N-ethyl adjacent to an activating group) is 1. The summed E-state index contributed by atoms with van der Waals surface area (Å²) in [6, 6.07) is 5.46. The van der Waals surface area contributed by atoms with Crippen LogP contribution in [-0.4, -0.2) is 29.2 Å². The Kier molecular flexibility index (Phi) is 5.97. The molecule has 0 radical (unpaired) electrons. The summed E-state index contributed by atoms with van der Waals surface area (Å²) >= 11 is 1.48. The van der Waals surface area contributed by atoms with Crippen molar-refractivity contribution in [2.45, 2.75) is 5.16 Å². The second-order valence-electron chi connectivity index (χ2n) is 4.69. The SMILES string of the molecule is C=C(/C=C(\C=C/N)Oc1ccc2nc(SC)ncc2c1)C(=O)NC. The van der Waals surface area contributed by atoms with E-state index in [1.165, 1.54) is 31.1 Å². The van der Waals surface area contributed by atoms with Gasteiger partial charge < -0.3 is 15.8 Å². The smallest absolute Gasteiger partial charge is 0.250 e. The number of nitrogens with zero attached hydrogens (tertiary/aromatic N) is 2. The van der Waals surface area contributed by atoms with Crippen LogP contribution < -0.4 is 15.8 Å². The number of carbonyl (C=O) groups excluding carboxylic acids is 1. The number of thioether (sulfide) groups is 1. The van der Waals surface area contributed by atoms with E-state index in [0.717, 1.165) is 10.9 Å². The summed E-state index contributed by atoms with van der Waals surface area (Å²) in [6.07, 6.45) is 8.06. The van der Waals surface area contributed by atoms with Crippen molar-refractivity contribution in [1.29, 1.82) is 0 Å². The van der Waals surface area contributed by atoms with E-state index < -0.39 is 0 Å². The molecule has 3 N–H and O–H groups in total. The molecule has 0 aliphatic heterocycles. The average molecular weight is 342 g/mol. The van der Waals surface area contributed by atoms with Crippen LogP contribution in [0.15, 0.2) is 65.8 Å². The second kappa shape index (κ2) is 8.16. The van der Waals surface area contributed by atoms with Crippen molar-refractivity contribution in [2.75, 3.05) is 13.3 Å². The van der Waals surface area contributed by atoms with Gasteiger partial charge in [-0.25, -0.2) is 9.97 Å². The highest BCUT2D eigenvalue weighted by Gasteiger charge is 2.06. The third kappa shape index (κ3) is 4.36. The normalized spacial score (nSPS) is 11.7. The number of aromatic nitrogens is 2. The van der Waals surface area contributed by atoms with Crippen molar-refractivity contribution in [2.24, 2.45) is 5.73 Å². The molecule has 0 aliphatic rings. The van der Waals surface area contributed by atoms with E-state index in [4.69, 9.17) is 10.5 Å². The van der Waals surface area contributed by atoms with Crippen molar-refractivity contribution in [3.63, 3.8) is 0 Å². The maximum atomic E-state index is 11.6. The van der Waals surface area contributed by atoms with Crippen molar-refractivity contribution in [3.8, 4) is 5.75 Å². The van der Waals surface area contributed by atoms with Gasteiger partial charge in [-0.3, -0.25) is 4.79 Å². The molecule has 2 rings (SSSR count). The van der Waals surface area contributed by atoms with E-state index in [0.29, 0.717) is 16.7 Å². The zero-order valence-corrected chi connectivity index (χ0v) is 14.3. The van der Waals surface area contributed by atoms with Crippen LogP contribution in [-0.2, 0) is 4.79 Å². The Bertz CT molecular complexity index is 830. The first-order chi connectivity index (χ1) is 11.6. The van der Waals surface area contributed by atoms with Crippen LogP contribution in [0.4, 0.5) is 0 Å². The molecule has 7 heteroatoms. The van der Waals surface area contributed by atoms with Crippen molar-refractivity contribution in [3.05, 3.63) is 60.7 Å². The van der Waals surface area contributed by atoms with Crippen molar-refractivity contribution < 1.29 is 9.53 Å². The molecule has 1 amide bonds. The van der Waals surface area contributed by atoms with Crippen LogP contribution >= 0.6 is 11.8 Å². The number of ether oxygens (including phenoxy) is 1. The summed E-state index contributed by atoms with van der Waals surface area (Å²) < 4.78 is 5.78. The number of allylic oxidation sites excluding steroid dienone is 1. The molecule has 6 nitrogen and oxygen atoms in total. The largest absolute Gasteiger partial charge is 0.457 e. The fourth-order valence-electron chi connectivity index (χ4n) is 1.90. The highest BCUT2D eigenvalue weighted by molar-refractivity contribution is 7.98. The van der Waals surface area contributed by atoms with Crippen molar-refractivity contribution >= 4 is 28.6 Å². The minimum Gasteiger partial charge on any atom is -0.457 e.